The number of aliphatic carboxylic acids is 1. The number of Topliss-reactive ketones (excluding diaryl/α,β-unsaturated/α-hetero) is 1. The number of aliphatic hydroxyl groups is 1. The number of ketones is 1. The van der Waals surface area contributed by atoms with Crippen LogP contribution in [0.1, 0.15) is 66.6 Å². The number of aryl methyl sites for hydroxylation is 1. The molecule has 0 aliphatic carbocycles. The molecule has 206 valence electrons. The highest BCUT2D eigenvalue weighted by atomic mass is 16.4. The quantitative estimate of drug-likeness (QED) is 0.296. The summed E-state index contributed by atoms with van der Waals surface area (Å²) in [4.78, 5) is 34.5. The molecule has 2 heterocycles. The number of nitrogens with zero attached hydrogens (tertiary/aromatic N) is 3. The van der Waals surface area contributed by atoms with Gasteiger partial charge in [0, 0.05) is 38.0 Å². The molecule has 0 bridgehead atoms. The zero-order chi connectivity index (χ0) is 27.9. The number of anilines is 1. The van der Waals surface area contributed by atoms with Gasteiger partial charge in [0.1, 0.15) is 5.82 Å². The molecule has 1 aliphatic heterocycles. The average Bonchev–Trinajstić information content (AvgIpc) is 2.91. The van der Waals surface area contributed by atoms with Crippen molar-refractivity contribution >= 4 is 17.4 Å². The molecule has 3 N–H and O–H groups in total. The second-order valence-corrected chi connectivity index (χ2v) is 10.5. The number of carboxylic acids is 1. The van der Waals surface area contributed by atoms with Crippen LogP contribution in [0.4, 0.5) is 5.69 Å². The molecular formula is C31H37N3O5. The van der Waals surface area contributed by atoms with Crippen molar-refractivity contribution in [3.63, 3.8) is 0 Å². The first-order valence-corrected chi connectivity index (χ1v) is 13.6. The summed E-state index contributed by atoms with van der Waals surface area (Å²) in [6.07, 6.45) is 3.03. The molecule has 0 amide bonds. The van der Waals surface area contributed by atoms with Gasteiger partial charge in [-0.25, -0.2) is 9.97 Å². The van der Waals surface area contributed by atoms with E-state index < -0.39 is 5.97 Å². The van der Waals surface area contributed by atoms with Gasteiger partial charge in [-0.1, -0.05) is 36.4 Å². The molecule has 4 rings (SSSR count). The van der Waals surface area contributed by atoms with E-state index in [0.29, 0.717) is 30.3 Å². The third-order valence-corrected chi connectivity index (χ3v) is 7.30. The van der Waals surface area contributed by atoms with E-state index in [1.54, 1.807) is 13.8 Å². The van der Waals surface area contributed by atoms with Gasteiger partial charge in [-0.15, -0.1) is 0 Å². The molecule has 8 heteroatoms. The van der Waals surface area contributed by atoms with Gasteiger partial charge in [0.2, 0.25) is 0 Å². The minimum Gasteiger partial charge on any atom is -0.504 e. The summed E-state index contributed by atoms with van der Waals surface area (Å²) in [6.45, 7) is 5.28. The lowest BCUT2D eigenvalue weighted by molar-refractivity contribution is -0.137. The van der Waals surface area contributed by atoms with Crippen LogP contribution in [-0.2, 0) is 17.6 Å². The number of hydrogen-bond donors (Lipinski definition) is 3. The van der Waals surface area contributed by atoms with Crippen LogP contribution in [0, 0.1) is 12.8 Å². The summed E-state index contributed by atoms with van der Waals surface area (Å²) in [5, 5.41) is 28.7. The Morgan fingerprint density at radius 2 is 1.59 bits per heavy atom. The van der Waals surface area contributed by atoms with Crippen LogP contribution in [0.5, 0.6) is 5.75 Å². The van der Waals surface area contributed by atoms with E-state index >= 15 is 0 Å². The van der Waals surface area contributed by atoms with E-state index in [0.717, 1.165) is 42.6 Å². The molecule has 1 saturated heterocycles. The fourth-order valence-corrected chi connectivity index (χ4v) is 5.12. The van der Waals surface area contributed by atoms with Crippen LogP contribution in [0.25, 0.3) is 11.1 Å². The third-order valence-electron chi connectivity index (χ3n) is 7.30. The zero-order valence-corrected chi connectivity index (χ0v) is 22.6. The number of piperidine rings is 1. The fourth-order valence-electron chi connectivity index (χ4n) is 5.12. The number of carbonyl (C=O) groups is 2. The molecule has 1 fully saturated rings. The number of aliphatic hydroxyl groups excluding tert-OH is 1. The van der Waals surface area contributed by atoms with E-state index in [1.165, 1.54) is 5.69 Å². The number of hydrogen-bond acceptors (Lipinski definition) is 7. The lowest BCUT2D eigenvalue weighted by Crippen LogP contribution is -2.34. The number of benzene rings is 2. The van der Waals surface area contributed by atoms with Crippen molar-refractivity contribution < 1.29 is 24.9 Å². The Balaban J connectivity index is 1.33. The zero-order valence-electron chi connectivity index (χ0n) is 22.6. The standard InChI is InChI=1S/C31H37N3O5/c1-20(35)18-22-6-8-24(9-7-22)25-10-12-26(13-11-25)34-16-14-23(15-17-34)19-28-32-21(2)31(39)30(33-28)27(36)4-3-5-29(37)38/h6-13,20,23,35,39H,3-5,14-19H2,1-2H3,(H,37,38). The number of aromatic hydroxyl groups is 1. The SMILES string of the molecule is Cc1nc(CC2CCN(c3ccc(-c4ccc(CC(C)O)cc4)cc3)CC2)nc(C(=O)CCCC(=O)O)c1O. The Hall–Kier alpha value is -3.78. The van der Waals surface area contributed by atoms with Crippen molar-refractivity contribution in [1.82, 2.24) is 9.97 Å². The number of aromatic nitrogens is 2. The first-order valence-electron chi connectivity index (χ1n) is 13.6. The van der Waals surface area contributed by atoms with Crippen molar-refractivity contribution in [2.24, 2.45) is 5.92 Å². The van der Waals surface area contributed by atoms with E-state index in [9.17, 15) is 19.8 Å². The normalized spacial score (nSPS) is 14.8. The molecule has 0 radical (unpaired) electrons. The topological polar surface area (TPSA) is 124 Å². The molecule has 1 aliphatic rings. The van der Waals surface area contributed by atoms with Crippen LogP contribution in [0.15, 0.2) is 48.5 Å². The van der Waals surface area contributed by atoms with E-state index in [2.05, 4.69) is 63.4 Å². The van der Waals surface area contributed by atoms with E-state index in [1.807, 2.05) is 0 Å². The van der Waals surface area contributed by atoms with Crippen molar-refractivity contribution in [2.45, 2.75) is 64.9 Å². The van der Waals surface area contributed by atoms with Crippen molar-refractivity contribution in [3.8, 4) is 16.9 Å². The van der Waals surface area contributed by atoms with Crippen molar-refractivity contribution in [3.05, 3.63) is 71.3 Å². The van der Waals surface area contributed by atoms with Gasteiger partial charge >= 0.3 is 5.97 Å². The maximum Gasteiger partial charge on any atom is 0.303 e. The Bertz CT molecular complexity index is 1280. The molecule has 2 aromatic carbocycles. The Labute approximate surface area is 229 Å². The minimum absolute atomic E-state index is 0.00184. The summed E-state index contributed by atoms with van der Waals surface area (Å²) in [6, 6.07) is 16.9. The molecule has 1 atom stereocenters. The fraction of sp³-hybridized carbons (Fsp3) is 0.419. The largest absolute Gasteiger partial charge is 0.504 e. The molecule has 0 spiro atoms. The van der Waals surface area contributed by atoms with Crippen LogP contribution in [0.2, 0.25) is 0 Å². The summed E-state index contributed by atoms with van der Waals surface area (Å²) < 4.78 is 0. The third kappa shape index (κ3) is 7.63. The highest BCUT2D eigenvalue weighted by Gasteiger charge is 2.23. The number of rotatable bonds is 11. The Morgan fingerprint density at radius 3 is 2.18 bits per heavy atom. The first-order chi connectivity index (χ1) is 18.7. The number of carboxylic acid groups (broad SMARTS) is 1. The second kappa shape index (κ2) is 12.8. The molecule has 8 nitrogen and oxygen atoms in total. The maximum atomic E-state index is 12.6. The molecular weight excluding hydrogens is 494 g/mol. The molecule has 3 aromatic rings. The number of carbonyl (C=O) groups excluding carboxylic acids is 1. The van der Waals surface area contributed by atoms with Crippen molar-refractivity contribution in [2.75, 3.05) is 18.0 Å². The van der Waals surface area contributed by atoms with Crippen LogP contribution < -0.4 is 4.90 Å². The predicted octanol–water partition coefficient (Wildman–Crippen LogP) is 4.98. The van der Waals surface area contributed by atoms with Gasteiger partial charge in [0.25, 0.3) is 0 Å². The van der Waals surface area contributed by atoms with E-state index in [4.69, 9.17) is 5.11 Å². The predicted molar refractivity (Wildman–Crippen MR) is 150 cm³/mol. The summed E-state index contributed by atoms with van der Waals surface area (Å²) >= 11 is 0. The second-order valence-electron chi connectivity index (χ2n) is 10.5. The van der Waals surface area contributed by atoms with Crippen molar-refractivity contribution in [1.29, 1.82) is 0 Å². The van der Waals surface area contributed by atoms with Crippen LogP contribution in [0.3, 0.4) is 0 Å². The van der Waals surface area contributed by atoms with Crippen LogP contribution >= 0.6 is 0 Å². The molecule has 1 unspecified atom stereocenters. The summed E-state index contributed by atoms with van der Waals surface area (Å²) in [5.41, 5.74) is 4.99. The van der Waals surface area contributed by atoms with Crippen LogP contribution in [-0.4, -0.2) is 56.2 Å². The molecule has 1 aromatic heterocycles. The highest BCUT2D eigenvalue weighted by Crippen LogP contribution is 2.29. The smallest absolute Gasteiger partial charge is 0.303 e. The average molecular weight is 532 g/mol. The van der Waals surface area contributed by atoms with Gasteiger partial charge in [-0.3, -0.25) is 9.59 Å². The molecule has 39 heavy (non-hydrogen) atoms. The summed E-state index contributed by atoms with van der Waals surface area (Å²) in [7, 11) is 0. The highest BCUT2D eigenvalue weighted by molar-refractivity contribution is 5.97. The van der Waals surface area contributed by atoms with Gasteiger partial charge in [0.15, 0.2) is 17.2 Å². The summed E-state index contributed by atoms with van der Waals surface area (Å²) in [5.74, 6) is -0.593. The Kier molecular flexibility index (Phi) is 9.30. The maximum absolute atomic E-state index is 12.6. The first kappa shape index (κ1) is 28.2. The minimum atomic E-state index is -0.951. The van der Waals surface area contributed by atoms with E-state index in [-0.39, 0.29) is 42.6 Å². The van der Waals surface area contributed by atoms with Gasteiger partial charge < -0.3 is 20.2 Å². The Morgan fingerprint density at radius 1 is 0.974 bits per heavy atom. The van der Waals surface area contributed by atoms with Gasteiger partial charge in [-0.2, -0.15) is 0 Å². The lowest BCUT2D eigenvalue weighted by atomic mass is 9.92. The monoisotopic (exact) mass is 531 g/mol. The van der Waals surface area contributed by atoms with Gasteiger partial charge in [0.05, 0.1) is 11.8 Å². The van der Waals surface area contributed by atoms with Gasteiger partial charge in [-0.05, 0) is 74.3 Å². The molecule has 0 saturated carbocycles. The lowest BCUT2D eigenvalue weighted by Gasteiger charge is -2.33.